The summed E-state index contributed by atoms with van der Waals surface area (Å²) < 4.78 is 17.0. The van der Waals surface area contributed by atoms with Crippen LogP contribution in [0.1, 0.15) is 28.8 Å². The lowest BCUT2D eigenvalue weighted by atomic mass is 9.98. The molecule has 31 heavy (non-hydrogen) atoms. The molecule has 0 aliphatic carbocycles. The van der Waals surface area contributed by atoms with Gasteiger partial charge in [0.25, 0.3) is 5.91 Å². The molecule has 7 heteroatoms. The van der Waals surface area contributed by atoms with Crippen molar-refractivity contribution in [3.8, 4) is 17.2 Å². The molecule has 0 bridgehead atoms. The normalized spacial score (nSPS) is 16.3. The molecule has 1 N–H and O–H groups in total. The molecule has 1 fully saturated rings. The fourth-order valence-corrected chi connectivity index (χ4v) is 4.20. The highest BCUT2D eigenvalue weighted by Gasteiger charge is 2.26. The van der Waals surface area contributed by atoms with Crippen molar-refractivity contribution >= 4 is 11.6 Å². The Morgan fingerprint density at radius 2 is 1.81 bits per heavy atom. The number of aliphatic hydroxyl groups excluding tert-OH is 1. The van der Waals surface area contributed by atoms with Crippen molar-refractivity contribution in [3.63, 3.8) is 0 Å². The zero-order valence-corrected chi connectivity index (χ0v) is 18.0. The number of nitrogens with zero attached hydrogens (tertiary/aromatic N) is 2. The lowest BCUT2D eigenvalue weighted by Crippen LogP contribution is -2.37. The molecule has 4 rings (SSSR count). The minimum Gasteiger partial charge on any atom is -0.493 e. The molecule has 166 valence electrons. The fraction of sp³-hybridized carbons (Fsp3) is 0.458. The number of benzene rings is 2. The minimum absolute atomic E-state index is 0.0381. The summed E-state index contributed by atoms with van der Waals surface area (Å²) in [5, 5.41) is 8.92. The average molecular weight is 427 g/mol. The number of hydrogen-bond acceptors (Lipinski definition) is 6. The number of likely N-dealkylation sites (tertiary alicyclic amines) is 1. The maximum Gasteiger partial charge on any atom is 0.258 e. The first-order valence-corrected chi connectivity index (χ1v) is 10.9. The van der Waals surface area contributed by atoms with E-state index in [1.807, 2.05) is 24.3 Å². The van der Waals surface area contributed by atoms with Gasteiger partial charge in [-0.1, -0.05) is 0 Å². The summed E-state index contributed by atoms with van der Waals surface area (Å²) in [5.74, 6) is 1.96. The van der Waals surface area contributed by atoms with Crippen LogP contribution in [0, 0.1) is 0 Å². The van der Waals surface area contributed by atoms with Crippen molar-refractivity contribution in [3.05, 3.63) is 47.5 Å². The third kappa shape index (κ3) is 4.94. The molecule has 7 nitrogen and oxygen atoms in total. The highest BCUT2D eigenvalue weighted by atomic mass is 16.5. The second kappa shape index (κ2) is 10.0. The molecule has 2 aromatic rings. The Hall–Kier alpha value is -2.77. The number of carbonyl (C=O) groups excluding carboxylic acids is 1. The number of anilines is 1. The summed E-state index contributed by atoms with van der Waals surface area (Å²) in [4.78, 5) is 17.3. The Kier molecular flexibility index (Phi) is 6.94. The van der Waals surface area contributed by atoms with Crippen LogP contribution in [0.15, 0.2) is 36.4 Å². The number of rotatable bonds is 9. The predicted octanol–water partition coefficient (Wildman–Crippen LogP) is 2.74. The number of amides is 1. The lowest BCUT2D eigenvalue weighted by Gasteiger charge is -2.29. The summed E-state index contributed by atoms with van der Waals surface area (Å²) >= 11 is 0. The Labute approximate surface area is 183 Å². The summed E-state index contributed by atoms with van der Waals surface area (Å²) in [7, 11) is 1.62. The van der Waals surface area contributed by atoms with E-state index in [1.165, 1.54) is 12.8 Å². The molecule has 2 heterocycles. The van der Waals surface area contributed by atoms with Crippen molar-refractivity contribution in [1.29, 1.82) is 0 Å². The van der Waals surface area contributed by atoms with Crippen LogP contribution in [0.2, 0.25) is 0 Å². The van der Waals surface area contributed by atoms with Gasteiger partial charge in [-0.25, -0.2) is 0 Å². The highest BCUT2D eigenvalue weighted by molar-refractivity contribution is 6.08. The van der Waals surface area contributed by atoms with Crippen LogP contribution in [-0.2, 0) is 6.42 Å². The van der Waals surface area contributed by atoms with E-state index in [4.69, 9.17) is 19.3 Å². The van der Waals surface area contributed by atoms with Crippen LogP contribution in [0.4, 0.5) is 5.69 Å². The van der Waals surface area contributed by atoms with Crippen molar-refractivity contribution in [2.24, 2.45) is 0 Å². The second-order valence-corrected chi connectivity index (χ2v) is 7.83. The molecule has 2 aliphatic rings. The molecule has 1 saturated heterocycles. The summed E-state index contributed by atoms with van der Waals surface area (Å²) in [5.41, 5.74) is 2.43. The Bertz CT molecular complexity index is 911. The summed E-state index contributed by atoms with van der Waals surface area (Å²) in [6.45, 7) is 4.60. The third-order valence-electron chi connectivity index (χ3n) is 5.84. The zero-order chi connectivity index (χ0) is 21.6. The zero-order valence-electron chi connectivity index (χ0n) is 18.0. The van der Waals surface area contributed by atoms with Crippen LogP contribution in [0.5, 0.6) is 17.2 Å². The van der Waals surface area contributed by atoms with Crippen molar-refractivity contribution in [1.82, 2.24) is 4.90 Å². The summed E-state index contributed by atoms with van der Waals surface area (Å²) in [6.07, 6.45) is 3.26. The molecule has 2 aromatic carbocycles. The quantitative estimate of drug-likeness (QED) is 0.665. The molecule has 1 amide bonds. The Morgan fingerprint density at radius 3 is 2.58 bits per heavy atom. The van der Waals surface area contributed by atoms with E-state index in [0.29, 0.717) is 36.0 Å². The van der Waals surface area contributed by atoms with Crippen LogP contribution in [0.25, 0.3) is 0 Å². The van der Waals surface area contributed by atoms with Gasteiger partial charge in [0, 0.05) is 30.4 Å². The van der Waals surface area contributed by atoms with Gasteiger partial charge in [0.1, 0.15) is 19.0 Å². The van der Waals surface area contributed by atoms with Gasteiger partial charge < -0.3 is 24.2 Å². The van der Waals surface area contributed by atoms with Crippen molar-refractivity contribution in [2.45, 2.75) is 19.3 Å². The molecular weight excluding hydrogens is 396 g/mol. The molecule has 0 radical (unpaired) electrons. The molecule has 2 aliphatic heterocycles. The monoisotopic (exact) mass is 426 g/mol. The van der Waals surface area contributed by atoms with Gasteiger partial charge in [-0.3, -0.25) is 9.69 Å². The maximum absolute atomic E-state index is 13.1. The van der Waals surface area contributed by atoms with E-state index in [-0.39, 0.29) is 19.1 Å². The van der Waals surface area contributed by atoms with E-state index in [2.05, 4.69) is 4.90 Å². The molecule has 0 saturated carbocycles. The van der Waals surface area contributed by atoms with Gasteiger partial charge in [0.05, 0.1) is 13.7 Å². The second-order valence-electron chi connectivity index (χ2n) is 7.83. The van der Waals surface area contributed by atoms with Crippen molar-refractivity contribution in [2.75, 3.05) is 58.0 Å². The summed E-state index contributed by atoms with van der Waals surface area (Å²) in [6, 6.07) is 11.1. The van der Waals surface area contributed by atoms with Gasteiger partial charge in [0.2, 0.25) is 0 Å². The van der Waals surface area contributed by atoms with E-state index >= 15 is 0 Å². The Balaban J connectivity index is 1.44. The van der Waals surface area contributed by atoms with Gasteiger partial charge in [-0.2, -0.15) is 0 Å². The van der Waals surface area contributed by atoms with Crippen LogP contribution in [0.3, 0.4) is 0 Å². The van der Waals surface area contributed by atoms with E-state index in [9.17, 15) is 4.79 Å². The number of ether oxygens (including phenoxy) is 3. The predicted molar refractivity (Wildman–Crippen MR) is 119 cm³/mol. The Morgan fingerprint density at radius 1 is 0.968 bits per heavy atom. The van der Waals surface area contributed by atoms with Gasteiger partial charge >= 0.3 is 0 Å². The van der Waals surface area contributed by atoms with Crippen LogP contribution < -0.4 is 19.1 Å². The molecule has 0 spiro atoms. The SMILES string of the molecule is COc1cc(N2CCc3cc(OCCO)ccc3C2=O)ccc1OCCN1CCCC1. The smallest absolute Gasteiger partial charge is 0.258 e. The number of hydrogen-bond donors (Lipinski definition) is 1. The van der Waals surface area contributed by atoms with E-state index in [0.717, 1.165) is 37.3 Å². The molecule has 0 atom stereocenters. The first-order chi connectivity index (χ1) is 15.2. The highest BCUT2D eigenvalue weighted by Crippen LogP contribution is 2.34. The molecular formula is C24H30N2O5. The van der Waals surface area contributed by atoms with E-state index in [1.54, 1.807) is 24.1 Å². The van der Waals surface area contributed by atoms with Crippen molar-refractivity contribution < 1.29 is 24.1 Å². The van der Waals surface area contributed by atoms with Crippen LogP contribution >= 0.6 is 0 Å². The average Bonchev–Trinajstić information content (AvgIpc) is 3.31. The maximum atomic E-state index is 13.1. The van der Waals surface area contributed by atoms with Gasteiger partial charge in [-0.05, 0) is 68.2 Å². The number of aliphatic hydroxyl groups is 1. The molecule has 0 unspecified atom stereocenters. The standard InChI is InChI=1S/C24H30N2O5/c1-29-23-17-19(4-7-22(23)31-14-12-25-9-2-3-10-25)26-11-8-18-16-20(30-15-13-27)5-6-21(18)24(26)28/h4-7,16-17,27H,2-3,8-15H2,1H3. The number of carbonyl (C=O) groups is 1. The number of fused-ring (bicyclic) bond motifs is 1. The van der Waals surface area contributed by atoms with Gasteiger partial charge in [0.15, 0.2) is 11.5 Å². The first-order valence-electron chi connectivity index (χ1n) is 10.9. The third-order valence-corrected chi connectivity index (χ3v) is 5.84. The topological polar surface area (TPSA) is 71.5 Å². The largest absolute Gasteiger partial charge is 0.493 e. The minimum atomic E-state index is -0.0419. The first kappa shape index (κ1) is 21.5. The van der Waals surface area contributed by atoms with Crippen LogP contribution in [-0.4, -0.2) is 69.0 Å². The number of methoxy groups -OCH3 is 1. The molecule has 0 aromatic heterocycles. The van der Waals surface area contributed by atoms with E-state index < -0.39 is 0 Å². The fourth-order valence-electron chi connectivity index (χ4n) is 4.20. The van der Waals surface area contributed by atoms with Gasteiger partial charge in [-0.15, -0.1) is 0 Å². The lowest BCUT2D eigenvalue weighted by molar-refractivity contribution is 0.0980.